The van der Waals surface area contributed by atoms with Gasteiger partial charge in [0.2, 0.25) is 0 Å². The van der Waals surface area contributed by atoms with Gasteiger partial charge in [-0.3, -0.25) is 0 Å². The standard InChI is InChI=1S/C17H25FN2O2/c1-4-5-14-6-7-15(16(18)8-14)11-22-17(21)20-12(2)9-19-10-13(20)3/h6-8,12-13,19H,4-5,9-11H2,1-3H3/t12-,13+. The molecule has 1 N–H and O–H groups in total. The molecule has 2 atom stereocenters. The van der Waals surface area contributed by atoms with Gasteiger partial charge in [0, 0.05) is 30.7 Å². The van der Waals surface area contributed by atoms with Gasteiger partial charge in [-0.2, -0.15) is 0 Å². The maximum Gasteiger partial charge on any atom is 0.410 e. The molecule has 1 heterocycles. The van der Waals surface area contributed by atoms with Crippen LogP contribution in [-0.2, 0) is 17.8 Å². The van der Waals surface area contributed by atoms with Crippen LogP contribution < -0.4 is 5.32 Å². The number of rotatable bonds is 4. The van der Waals surface area contributed by atoms with E-state index in [0.29, 0.717) is 5.56 Å². The van der Waals surface area contributed by atoms with Gasteiger partial charge in [-0.25, -0.2) is 9.18 Å². The Morgan fingerprint density at radius 1 is 1.36 bits per heavy atom. The number of nitrogens with zero attached hydrogens (tertiary/aromatic N) is 1. The summed E-state index contributed by atoms with van der Waals surface area (Å²) in [6.45, 7) is 7.48. The van der Waals surface area contributed by atoms with Gasteiger partial charge in [0.05, 0.1) is 0 Å². The van der Waals surface area contributed by atoms with Crippen LogP contribution in [0.1, 0.15) is 38.3 Å². The Bertz CT molecular complexity index is 511. The molecular weight excluding hydrogens is 283 g/mol. The van der Waals surface area contributed by atoms with Gasteiger partial charge in [-0.05, 0) is 31.9 Å². The Hall–Kier alpha value is -1.62. The van der Waals surface area contributed by atoms with Crippen molar-refractivity contribution in [1.29, 1.82) is 0 Å². The summed E-state index contributed by atoms with van der Waals surface area (Å²) in [5, 5.41) is 3.26. The van der Waals surface area contributed by atoms with Crippen molar-refractivity contribution in [3.8, 4) is 0 Å². The fourth-order valence-corrected chi connectivity index (χ4v) is 2.86. The quantitative estimate of drug-likeness (QED) is 0.929. The molecule has 0 aromatic heterocycles. The van der Waals surface area contributed by atoms with E-state index in [2.05, 4.69) is 12.2 Å². The molecule has 5 heteroatoms. The third kappa shape index (κ3) is 3.97. The fraction of sp³-hybridized carbons (Fsp3) is 0.588. The third-order valence-electron chi connectivity index (χ3n) is 4.05. The second-order valence-corrected chi connectivity index (χ2v) is 5.99. The Labute approximate surface area is 131 Å². The summed E-state index contributed by atoms with van der Waals surface area (Å²) >= 11 is 0. The van der Waals surface area contributed by atoms with E-state index in [1.165, 1.54) is 6.07 Å². The highest BCUT2D eigenvalue weighted by molar-refractivity contribution is 5.68. The molecule has 0 radical (unpaired) electrons. The zero-order valence-corrected chi connectivity index (χ0v) is 13.6. The molecule has 0 unspecified atom stereocenters. The summed E-state index contributed by atoms with van der Waals surface area (Å²) in [4.78, 5) is 13.9. The number of hydrogen-bond acceptors (Lipinski definition) is 3. The summed E-state index contributed by atoms with van der Waals surface area (Å²) in [7, 11) is 0. The van der Waals surface area contributed by atoms with E-state index in [4.69, 9.17) is 4.74 Å². The lowest BCUT2D eigenvalue weighted by Crippen LogP contribution is -2.57. The highest BCUT2D eigenvalue weighted by Crippen LogP contribution is 2.16. The summed E-state index contributed by atoms with van der Waals surface area (Å²) in [5.41, 5.74) is 1.39. The summed E-state index contributed by atoms with van der Waals surface area (Å²) in [5.74, 6) is -0.305. The molecule has 0 bridgehead atoms. The van der Waals surface area contributed by atoms with E-state index in [9.17, 15) is 9.18 Å². The molecule has 1 aromatic carbocycles. The highest BCUT2D eigenvalue weighted by Gasteiger charge is 2.30. The first-order chi connectivity index (χ1) is 10.5. The van der Waals surface area contributed by atoms with Crippen molar-refractivity contribution in [3.63, 3.8) is 0 Å². The van der Waals surface area contributed by atoms with E-state index in [-0.39, 0.29) is 30.6 Å². The zero-order chi connectivity index (χ0) is 16.1. The Morgan fingerprint density at radius 3 is 2.64 bits per heavy atom. The first-order valence-corrected chi connectivity index (χ1v) is 7.96. The summed E-state index contributed by atoms with van der Waals surface area (Å²) in [6.07, 6.45) is 1.46. The lowest BCUT2D eigenvalue weighted by atomic mass is 10.1. The molecule has 1 fully saturated rings. The molecule has 1 amide bonds. The van der Waals surface area contributed by atoms with Gasteiger partial charge < -0.3 is 15.0 Å². The molecule has 4 nitrogen and oxygen atoms in total. The first kappa shape index (κ1) is 16.7. The average Bonchev–Trinajstić information content (AvgIpc) is 2.46. The molecule has 0 spiro atoms. The van der Waals surface area contributed by atoms with Crippen molar-refractivity contribution < 1.29 is 13.9 Å². The van der Waals surface area contributed by atoms with Crippen LogP contribution >= 0.6 is 0 Å². The molecule has 0 saturated carbocycles. The topological polar surface area (TPSA) is 41.6 Å². The number of aryl methyl sites for hydroxylation is 1. The second kappa shape index (κ2) is 7.58. The fourth-order valence-electron chi connectivity index (χ4n) is 2.86. The van der Waals surface area contributed by atoms with Crippen LogP contribution in [-0.4, -0.2) is 36.2 Å². The average molecular weight is 308 g/mol. The number of hydrogen-bond donors (Lipinski definition) is 1. The van der Waals surface area contributed by atoms with E-state index >= 15 is 0 Å². The molecule has 1 aliphatic heterocycles. The van der Waals surface area contributed by atoms with Gasteiger partial charge in [0.25, 0.3) is 0 Å². The van der Waals surface area contributed by atoms with E-state index in [1.807, 2.05) is 19.9 Å². The second-order valence-electron chi connectivity index (χ2n) is 5.99. The van der Waals surface area contributed by atoms with Gasteiger partial charge >= 0.3 is 6.09 Å². The molecular formula is C17H25FN2O2. The van der Waals surface area contributed by atoms with Crippen LogP contribution in [0.2, 0.25) is 0 Å². The van der Waals surface area contributed by atoms with Gasteiger partial charge in [-0.1, -0.05) is 25.5 Å². The number of nitrogens with one attached hydrogen (secondary N) is 1. The lowest BCUT2D eigenvalue weighted by Gasteiger charge is -2.38. The third-order valence-corrected chi connectivity index (χ3v) is 4.05. The predicted octanol–water partition coefficient (Wildman–Crippen LogP) is 3.10. The van der Waals surface area contributed by atoms with Crippen molar-refractivity contribution in [2.24, 2.45) is 0 Å². The smallest absolute Gasteiger partial charge is 0.410 e. The van der Waals surface area contributed by atoms with Crippen molar-refractivity contribution in [3.05, 3.63) is 35.1 Å². The van der Waals surface area contributed by atoms with E-state index in [0.717, 1.165) is 31.5 Å². The van der Waals surface area contributed by atoms with Gasteiger partial charge in [-0.15, -0.1) is 0 Å². The number of halogens is 1. The normalized spacial score (nSPS) is 21.7. The Balaban J connectivity index is 1.96. The Kier molecular flexibility index (Phi) is 5.77. The molecule has 22 heavy (non-hydrogen) atoms. The minimum Gasteiger partial charge on any atom is -0.444 e. The number of carbonyl (C=O) groups is 1. The monoisotopic (exact) mass is 308 g/mol. The molecule has 122 valence electrons. The minimum absolute atomic E-state index is 0.0273. The number of ether oxygens (including phenoxy) is 1. The highest BCUT2D eigenvalue weighted by atomic mass is 19.1. The minimum atomic E-state index is -0.376. The maximum absolute atomic E-state index is 14.0. The predicted molar refractivity (Wildman–Crippen MR) is 84.2 cm³/mol. The first-order valence-electron chi connectivity index (χ1n) is 7.96. The van der Waals surface area contributed by atoms with Gasteiger partial charge in [0.15, 0.2) is 0 Å². The van der Waals surface area contributed by atoms with Gasteiger partial charge in [0.1, 0.15) is 12.4 Å². The number of amides is 1. The molecule has 0 aliphatic carbocycles. The largest absolute Gasteiger partial charge is 0.444 e. The van der Waals surface area contributed by atoms with Crippen molar-refractivity contribution >= 4 is 6.09 Å². The van der Waals surface area contributed by atoms with Crippen molar-refractivity contribution in [1.82, 2.24) is 10.2 Å². The molecule has 1 saturated heterocycles. The van der Waals surface area contributed by atoms with E-state index < -0.39 is 0 Å². The van der Waals surface area contributed by atoms with Crippen LogP contribution in [0.5, 0.6) is 0 Å². The van der Waals surface area contributed by atoms with Crippen molar-refractivity contribution in [2.45, 2.75) is 52.3 Å². The number of benzene rings is 1. The number of piperazine rings is 1. The number of carbonyl (C=O) groups excluding carboxylic acids is 1. The van der Waals surface area contributed by atoms with E-state index in [1.54, 1.807) is 11.0 Å². The van der Waals surface area contributed by atoms with Crippen LogP contribution in [0.4, 0.5) is 9.18 Å². The van der Waals surface area contributed by atoms with Crippen molar-refractivity contribution in [2.75, 3.05) is 13.1 Å². The summed E-state index contributed by atoms with van der Waals surface area (Å²) in [6, 6.07) is 5.29. The zero-order valence-electron chi connectivity index (χ0n) is 13.6. The summed E-state index contributed by atoms with van der Waals surface area (Å²) < 4.78 is 19.3. The molecule has 2 rings (SSSR count). The molecule has 1 aliphatic rings. The van der Waals surface area contributed by atoms with Crippen LogP contribution in [0, 0.1) is 5.82 Å². The van der Waals surface area contributed by atoms with Crippen LogP contribution in [0.3, 0.4) is 0 Å². The maximum atomic E-state index is 14.0. The Morgan fingerprint density at radius 2 is 2.05 bits per heavy atom. The lowest BCUT2D eigenvalue weighted by molar-refractivity contribution is 0.0558. The van der Waals surface area contributed by atoms with Crippen LogP contribution in [0.15, 0.2) is 18.2 Å². The molecule has 1 aromatic rings. The van der Waals surface area contributed by atoms with Crippen LogP contribution in [0.25, 0.3) is 0 Å². The SMILES string of the molecule is CCCc1ccc(COC(=O)N2[C@H](C)CNC[C@@H]2C)c(F)c1.